The fourth-order valence-corrected chi connectivity index (χ4v) is 3.07. The van der Waals surface area contributed by atoms with Crippen molar-refractivity contribution in [2.75, 3.05) is 5.32 Å². The lowest BCUT2D eigenvalue weighted by Gasteiger charge is -2.07. The molecule has 0 aliphatic heterocycles. The number of aromatic nitrogens is 4. The van der Waals surface area contributed by atoms with Crippen LogP contribution in [-0.4, -0.2) is 20.2 Å². The molecule has 0 unspecified atom stereocenters. The average molecular weight is 350 g/mol. The molecule has 2 aromatic heterocycles. The number of hydrogen-bond acceptors (Lipinski definition) is 5. The molecule has 0 saturated carbocycles. The minimum Gasteiger partial charge on any atom is -0.381 e. The molecule has 0 saturated heterocycles. The Balaban J connectivity index is 1.76. The Morgan fingerprint density at radius 3 is 2.95 bits per heavy atom. The highest BCUT2D eigenvalue weighted by Crippen LogP contribution is 2.22. The number of aryl methyl sites for hydroxylation is 1. The average Bonchev–Trinajstić information content (AvgIpc) is 3.05. The number of nitrogens with zero attached hydrogens (tertiary/aromatic N) is 4. The summed E-state index contributed by atoms with van der Waals surface area (Å²) in [6.07, 6.45) is 0. The lowest BCUT2D eigenvalue weighted by Crippen LogP contribution is -2.02. The second-order valence-electron chi connectivity index (χ2n) is 4.30. The van der Waals surface area contributed by atoms with E-state index in [0.29, 0.717) is 0 Å². The maximum absolute atomic E-state index is 3.97. The monoisotopic (exact) mass is 349 g/mol. The van der Waals surface area contributed by atoms with E-state index in [1.165, 1.54) is 5.56 Å². The first-order valence-electron chi connectivity index (χ1n) is 6.04. The standard InChI is InChI=1S/C13H12BrN5S/c1-9-16-17-18-19(9)12-4-2-3-11(6-12)15-7-10-5-13(14)20-8-10/h2-6,8,15H,7H2,1H3. The lowest BCUT2D eigenvalue weighted by atomic mass is 10.2. The molecule has 0 aliphatic carbocycles. The van der Waals surface area contributed by atoms with Crippen molar-refractivity contribution in [1.82, 2.24) is 20.2 Å². The van der Waals surface area contributed by atoms with Crippen LogP contribution < -0.4 is 5.32 Å². The zero-order chi connectivity index (χ0) is 13.9. The van der Waals surface area contributed by atoms with Gasteiger partial charge in [0.15, 0.2) is 5.82 Å². The van der Waals surface area contributed by atoms with Crippen LogP contribution in [0.25, 0.3) is 5.69 Å². The van der Waals surface area contributed by atoms with Crippen LogP contribution in [0.4, 0.5) is 5.69 Å². The largest absolute Gasteiger partial charge is 0.381 e. The molecule has 0 radical (unpaired) electrons. The van der Waals surface area contributed by atoms with E-state index >= 15 is 0 Å². The second kappa shape index (κ2) is 5.72. The zero-order valence-electron chi connectivity index (χ0n) is 10.7. The van der Waals surface area contributed by atoms with Gasteiger partial charge in [-0.15, -0.1) is 16.4 Å². The highest BCUT2D eigenvalue weighted by atomic mass is 79.9. The van der Waals surface area contributed by atoms with Crippen molar-refractivity contribution < 1.29 is 0 Å². The third-order valence-electron chi connectivity index (χ3n) is 2.83. The van der Waals surface area contributed by atoms with E-state index in [9.17, 15) is 0 Å². The lowest BCUT2D eigenvalue weighted by molar-refractivity contribution is 0.779. The molecular formula is C13H12BrN5S. The Hall–Kier alpha value is -1.73. The Morgan fingerprint density at radius 1 is 1.35 bits per heavy atom. The van der Waals surface area contributed by atoms with Crippen LogP contribution in [0.1, 0.15) is 11.4 Å². The molecule has 3 aromatic rings. The third-order valence-corrected chi connectivity index (χ3v) is 4.39. The first-order chi connectivity index (χ1) is 9.72. The number of rotatable bonds is 4. The fourth-order valence-electron chi connectivity index (χ4n) is 1.86. The van der Waals surface area contributed by atoms with Crippen molar-refractivity contribution in [3.05, 3.63) is 50.9 Å². The first kappa shape index (κ1) is 13.3. The van der Waals surface area contributed by atoms with Crippen molar-refractivity contribution in [3.63, 3.8) is 0 Å². The number of benzene rings is 1. The van der Waals surface area contributed by atoms with Gasteiger partial charge < -0.3 is 5.32 Å². The Bertz CT molecular complexity index is 721. The molecule has 5 nitrogen and oxygen atoms in total. The molecule has 0 amide bonds. The van der Waals surface area contributed by atoms with Gasteiger partial charge in [0.25, 0.3) is 0 Å². The van der Waals surface area contributed by atoms with E-state index in [-0.39, 0.29) is 0 Å². The fraction of sp³-hybridized carbons (Fsp3) is 0.154. The predicted octanol–water partition coefficient (Wildman–Crippen LogP) is 3.41. The summed E-state index contributed by atoms with van der Waals surface area (Å²) < 4.78 is 2.86. The number of thiophene rings is 1. The van der Waals surface area contributed by atoms with E-state index in [0.717, 1.165) is 27.5 Å². The molecule has 20 heavy (non-hydrogen) atoms. The van der Waals surface area contributed by atoms with Crippen LogP contribution in [0, 0.1) is 6.92 Å². The minimum absolute atomic E-state index is 0.768. The van der Waals surface area contributed by atoms with E-state index in [1.54, 1.807) is 16.0 Å². The van der Waals surface area contributed by atoms with Crippen LogP contribution in [-0.2, 0) is 6.54 Å². The van der Waals surface area contributed by atoms with Crippen molar-refractivity contribution in [2.24, 2.45) is 0 Å². The van der Waals surface area contributed by atoms with Crippen molar-refractivity contribution in [2.45, 2.75) is 13.5 Å². The van der Waals surface area contributed by atoms with E-state index in [1.807, 2.05) is 31.2 Å². The molecule has 0 atom stereocenters. The Labute approximate surface area is 128 Å². The van der Waals surface area contributed by atoms with Crippen molar-refractivity contribution in [3.8, 4) is 5.69 Å². The van der Waals surface area contributed by atoms with Gasteiger partial charge >= 0.3 is 0 Å². The van der Waals surface area contributed by atoms with Gasteiger partial charge in [-0.3, -0.25) is 0 Å². The molecule has 102 valence electrons. The summed E-state index contributed by atoms with van der Waals surface area (Å²) in [7, 11) is 0. The normalized spacial score (nSPS) is 10.7. The SMILES string of the molecule is Cc1nnnn1-c1cccc(NCc2csc(Br)c2)c1. The topological polar surface area (TPSA) is 55.6 Å². The van der Waals surface area contributed by atoms with Crippen LogP contribution in [0.2, 0.25) is 0 Å². The molecule has 0 bridgehead atoms. The van der Waals surface area contributed by atoms with Gasteiger partial charge in [-0.25, -0.2) is 0 Å². The maximum atomic E-state index is 3.97. The van der Waals surface area contributed by atoms with E-state index in [2.05, 4.69) is 48.2 Å². The molecule has 0 spiro atoms. The van der Waals surface area contributed by atoms with E-state index in [4.69, 9.17) is 0 Å². The van der Waals surface area contributed by atoms with Crippen LogP contribution in [0.5, 0.6) is 0 Å². The maximum Gasteiger partial charge on any atom is 0.153 e. The van der Waals surface area contributed by atoms with Crippen molar-refractivity contribution >= 4 is 33.0 Å². The first-order valence-corrected chi connectivity index (χ1v) is 7.72. The predicted molar refractivity (Wildman–Crippen MR) is 83.2 cm³/mol. The highest BCUT2D eigenvalue weighted by molar-refractivity contribution is 9.11. The quantitative estimate of drug-likeness (QED) is 0.784. The number of nitrogens with one attached hydrogen (secondary N) is 1. The van der Waals surface area contributed by atoms with Crippen LogP contribution in [0.3, 0.4) is 0 Å². The molecule has 1 aromatic carbocycles. The van der Waals surface area contributed by atoms with E-state index < -0.39 is 0 Å². The summed E-state index contributed by atoms with van der Waals surface area (Å²) in [5.74, 6) is 0.768. The highest BCUT2D eigenvalue weighted by Gasteiger charge is 2.04. The zero-order valence-corrected chi connectivity index (χ0v) is 13.1. The molecular weight excluding hydrogens is 338 g/mol. The molecule has 0 fully saturated rings. The van der Waals surface area contributed by atoms with Crippen LogP contribution in [0.15, 0.2) is 39.5 Å². The van der Waals surface area contributed by atoms with Crippen LogP contribution >= 0.6 is 27.3 Å². The summed E-state index contributed by atoms with van der Waals surface area (Å²) in [6, 6.07) is 10.2. The summed E-state index contributed by atoms with van der Waals surface area (Å²) in [5.41, 5.74) is 3.25. The molecule has 2 heterocycles. The van der Waals surface area contributed by atoms with Gasteiger partial charge in [0.05, 0.1) is 9.47 Å². The number of anilines is 1. The number of hydrogen-bond donors (Lipinski definition) is 1. The smallest absolute Gasteiger partial charge is 0.153 e. The molecule has 7 heteroatoms. The summed E-state index contributed by atoms with van der Waals surface area (Å²) in [4.78, 5) is 0. The van der Waals surface area contributed by atoms with Gasteiger partial charge in [0, 0.05) is 12.2 Å². The summed E-state index contributed by atoms with van der Waals surface area (Å²) in [5, 5.41) is 17.1. The van der Waals surface area contributed by atoms with Gasteiger partial charge in [0.2, 0.25) is 0 Å². The Morgan fingerprint density at radius 2 is 2.25 bits per heavy atom. The Kier molecular flexibility index (Phi) is 3.79. The third kappa shape index (κ3) is 2.88. The van der Waals surface area contributed by atoms with Crippen molar-refractivity contribution in [1.29, 1.82) is 0 Å². The van der Waals surface area contributed by atoms with Gasteiger partial charge in [-0.1, -0.05) is 6.07 Å². The summed E-state index contributed by atoms with van der Waals surface area (Å²) in [6.45, 7) is 2.67. The second-order valence-corrected chi connectivity index (χ2v) is 6.59. The molecule has 1 N–H and O–H groups in total. The molecule has 0 aliphatic rings. The van der Waals surface area contributed by atoms with Gasteiger partial charge in [-0.05, 0) is 68.5 Å². The summed E-state index contributed by atoms with van der Waals surface area (Å²) >= 11 is 5.16. The van der Waals surface area contributed by atoms with Gasteiger partial charge in [0.1, 0.15) is 0 Å². The minimum atomic E-state index is 0.768. The molecule has 3 rings (SSSR count). The van der Waals surface area contributed by atoms with Gasteiger partial charge in [-0.2, -0.15) is 4.68 Å². The number of tetrazole rings is 1. The number of halogens is 1.